The largest absolute Gasteiger partial charge is 0.478 e. The van der Waals surface area contributed by atoms with Crippen LogP contribution in [0.2, 0.25) is 0 Å². The molecule has 120 valence electrons. The zero-order valence-electron chi connectivity index (χ0n) is 13.3. The molecule has 0 rings (SSSR count). The predicted molar refractivity (Wildman–Crippen MR) is 88.3 cm³/mol. The number of carbonyl (C=O) groups is 1. The van der Waals surface area contributed by atoms with Crippen LogP contribution in [0.15, 0.2) is 36.0 Å². The van der Waals surface area contributed by atoms with Crippen LogP contribution in [0.4, 0.5) is 0 Å². The van der Waals surface area contributed by atoms with Crippen molar-refractivity contribution in [2.45, 2.75) is 64.7 Å². The lowest BCUT2D eigenvalue weighted by atomic mass is 10.0. The van der Waals surface area contributed by atoms with E-state index in [2.05, 4.69) is 6.58 Å². The van der Waals surface area contributed by atoms with E-state index in [1.807, 2.05) is 12.2 Å². The molecule has 0 bridgehead atoms. The fourth-order valence-electron chi connectivity index (χ4n) is 2.13. The van der Waals surface area contributed by atoms with Crippen LogP contribution < -0.4 is 0 Å². The van der Waals surface area contributed by atoms with Crippen molar-refractivity contribution in [3.05, 3.63) is 36.0 Å². The van der Waals surface area contributed by atoms with Gasteiger partial charge in [-0.15, -0.1) is 0 Å². The summed E-state index contributed by atoms with van der Waals surface area (Å²) < 4.78 is 0. The van der Waals surface area contributed by atoms with Crippen molar-refractivity contribution in [2.24, 2.45) is 0 Å². The highest BCUT2D eigenvalue weighted by Gasteiger charge is 1.95. The number of rotatable bonds is 13. The van der Waals surface area contributed by atoms with Gasteiger partial charge in [-0.2, -0.15) is 0 Å². The van der Waals surface area contributed by atoms with Gasteiger partial charge in [0.15, 0.2) is 0 Å². The molecule has 0 amide bonds. The minimum Gasteiger partial charge on any atom is -0.478 e. The van der Waals surface area contributed by atoms with Crippen LogP contribution in [0, 0.1) is 0 Å². The summed E-state index contributed by atoms with van der Waals surface area (Å²) in [6.07, 6.45) is 15.1. The van der Waals surface area contributed by atoms with Gasteiger partial charge in [0.2, 0.25) is 0 Å². The molecule has 0 aromatic rings. The molecule has 2 N–H and O–H groups in total. The molecule has 3 nitrogen and oxygen atoms in total. The Balaban J connectivity index is 3.55. The molecule has 0 fully saturated rings. The molecular formula is C18H30O3. The fourth-order valence-corrected chi connectivity index (χ4v) is 2.13. The summed E-state index contributed by atoms with van der Waals surface area (Å²) in [7, 11) is 0. The van der Waals surface area contributed by atoms with E-state index in [0.717, 1.165) is 31.3 Å². The molecule has 0 aromatic carbocycles. The van der Waals surface area contributed by atoms with Crippen molar-refractivity contribution in [1.82, 2.24) is 0 Å². The first-order chi connectivity index (χ1) is 10.1. The lowest BCUT2D eigenvalue weighted by Crippen LogP contribution is -1.88. The number of hydrogen-bond acceptors (Lipinski definition) is 2. The Morgan fingerprint density at radius 1 is 1.05 bits per heavy atom. The number of aliphatic hydroxyl groups excluding tert-OH is 1. The monoisotopic (exact) mass is 294 g/mol. The molecule has 0 aliphatic carbocycles. The predicted octanol–water partition coefficient (Wildman–Crippen LogP) is 4.63. The summed E-state index contributed by atoms with van der Waals surface area (Å²) in [5.74, 6) is -0.907. The van der Waals surface area contributed by atoms with E-state index in [0.29, 0.717) is 6.61 Å². The maximum Gasteiger partial charge on any atom is 0.328 e. The molecule has 0 heterocycles. The number of hydrogen-bond donors (Lipinski definition) is 2. The van der Waals surface area contributed by atoms with Crippen molar-refractivity contribution in [3.8, 4) is 0 Å². The summed E-state index contributed by atoms with van der Waals surface area (Å²) in [6, 6.07) is 0. The molecule has 0 aliphatic rings. The summed E-state index contributed by atoms with van der Waals surface area (Å²) in [5, 5.41) is 17.3. The van der Waals surface area contributed by atoms with Gasteiger partial charge < -0.3 is 10.2 Å². The number of unbranched alkanes of at least 4 members (excludes halogenated alkanes) is 6. The van der Waals surface area contributed by atoms with E-state index in [1.54, 1.807) is 6.92 Å². The Morgan fingerprint density at radius 2 is 1.62 bits per heavy atom. The van der Waals surface area contributed by atoms with E-state index in [4.69, 9.17) is 10.2 Å². The van der Waals surface area contributed by atoms with Crippen LogP contribution in [-0.2, 0) is 4.79 Å². The molecule has 0 aliphatic heterocycles. The quantitative estimate of drug-likeness (QED) is 0.225. The number of aliphatic hydroxyl groups is 1. The Kier molecular flexibility index (Phi) is 12.7. The lowest BCUT2D eigenvalue weighted by molar-refractivity contribution is -0.131. The second-order valence-corrected chi connectivity index (χ2v) is 5.53. The first-order valence-electron chi connectivity index (χ1n) is 7.91. The van der Waals surface area contributed by atoms with Crippen LogP contribution in [0.25, 0.3) is 0 Å². The topological polar surface area (TPSA) is 57.5 Å². The van der Waals surface area contributed by atoms with Crippen molar-refractivity contribution in [2.75, 3.05) is 6.61 Å². The molecular weight excluding hydrogens is 264 g/mol. The molecule has 0 atom stereocenters. The van der Waals surface area contributed by atoms with Crippen molar-refractivity contribution in [3.63, 3.8) is 0 Å². The summed E-state index contributed by atoms with van der Waals surface area (Å²) in [6.45, 7) is 6.15. The molecule has 21 heavy (non-hydrogen) atoms. The average molecular weight is 294 g/mol. The van der Waals surface area contributed by atoms with E-state index in [1.165, 1.54) is 43.8 Å². The third-order valence-electron chi connectivity index (χ3n) is 3.33. The third-order valence-corrected chi connectivity index (χ3v) is 3.33. The van der Waals surface area contributed by atoms with Crippen molar-refractivity contribution in [1.29, 1.82) is 0 Å². The van der Waals surface area contributed by atoms with Crippen molar-refractivity contribution < 1.29 is 15.0 Å². The zero-order valence-corrected chi connectivity index (χ0v) is 13.3. The maximum atomic E-state index is 10.5. The van der Waals surface area contributed by atoms with Crippen LogP contribution >= 0.6 is 0 Å². The van der Waals surface area contributed by atoms with Gasteiger partial charge in [0.05, 0.1) is 0 Å². The van der Waals surface area contributed by atoms with E-state index < -0.39 is 5.97 Å². The molecule has 3 heteroatoms. The Bertz CT molecular complexity index is 353. The molecule has 0 radical (unpaired) electrons. The first kappa shape index (κ1) is 19.7. The number of allylic oxidation sites excluding steroid dienone is 4. The maximum absolute atomic E-state index is 10.5. The highest BCUT2D eigenvalue weighted by molar-refractivity contribution is 5.81. The van der Waals surface area contributed by atoms with E-state index in [-0.39, 0.29) is 0 Å². The summed E-state index contributed by atoms with van der Waals surface area (Å²) >= 11 is 0. The number of carboxylic acids is 1. The molecule has 0 spiro atoms. The van der Waals surface area contributed by atoms with Crippen LogP contribution in [0.5, 0.6) is 0 Å². The molecule has 0 saturated heterocycles. The smallest absolute Gasteiger partial charge is 0.328 e. The Labute approximate surface area is 129 Å². The van der Waals surface area contributed by atoms with Gasteiger partial charge in [-0.3, -0.25) is 0 Å². The SMILES string of the molecule is C=C(C/C=C/C(C)=C/C(=O)O)CCCCCCCCCO. The van der Waals surface area contributed by atoms with Crippen LogP contribution in [0.1, 0.15) is 64.7 Å². The van der Waals surface area contributed by atoms with Gasteiger partial charge in [0.25, 0.3) is 0 Å². The van der Waals surface area contributed by atoms with Gasteiger partial charge in [-0.1, -0.05) is 56.4 Å². The van der Waals surface area contributed by atoms with Gasteiger partial charge in [-0.05, 0) is 38.2 Å². The highest BCUT2D eigenvalue weighted by Crippen LogP contribution is 2.14. The third kappa shape index (κ3) is 14.9. The highest BCUT2D eigenvalue weighted by atomic mass is 16.4. The fraction of sp³-hybridized carbons (Fsp3) is 0.611. The van der Waals surface area contributed by atoms with Crippen LogP contribution in [0.3, 0.4) is 0 Å². The van der Waals surface area contributed by atoms with E-state index >= 15 is 0 Å². The second-order valence-electron chi connectivity index (χ2n) is 5.53. The van der Waals surface area contributed by atoms with E-state index in [9.17, 15) is 4.79 Å². The molecule has 0 aromatic heterocycles. The van der Waals surface area contributed by atoms with Gasteiger partial charge in [0, 0.05) is 12.7 Å². The van der Waals surface area contributed by atoms with Gasteiger partial charge in [-0.25, -0.2) is 4.79 Å². The zero-order chi connectivity index (χ0) is 15.9. The average Bonchev–Trinajstić information content (AvgIpc) is 2.41. The Morgan fingerprint density at radius 3 is 2.19 bits per heavy atom. The first-order valence-corrected chi connectivity index (χ1v) is 7.91. The molecule has 0 saturated carbocycles. The minimum atomic E-state index is -0.907. The normalized spacial score (nSPS) is 12.0. The van der Waals surface area contributed by atoms with Gasteiger partial charge in [0.1, 0.15) is 0 Å². The number of aliphatic carboxylic acids is 1. The van der Waals surface area contributed by atoms with Crippen molar-refractivity contribution >= 4 is 5.97 Å². The van der Waals surface area contributed by atoms with Crippen LogP contribution in [-0.4, -0.2) is 22.8 Å². The van der Waals surface area contributed by atoms with Gasteiger partial charge >= 0.3 is 5.97 Å². The lowest BCUT2D eigenvalue weighted by Gasteiger charge is -2.03. The second kappa shape index (κ2) is 13.6. The summed E-state index contributed by atoms with van der Waals surface area (Å²) in [4.78, 5) is 10.5. The number of carboxylic acid groups (broad SMARTS) is 1. The minimum absolute atomic E-state index is 0.314. The standard InChI is InChI=1S/C18H30O3/c1-16(12-10-13-17(2)15-18(20)21)11-8-6-4-3-5-7-9-14-19/h10,13,15,19H,1,3-9,11-12,14H2,2H3,(H,20,21)/b13-10+,17-15+. The summed E-state index contributed by atoms with van der Waals surface area (Å²) in [5.41, 5.74) is 1.95. The Hall–Kier alpha value is -1.35. The molecule has 0 unspecified atom stereocenters.